The van der Waals surface area contributed by atoms with Gasteiger partial charge in [0.25, 0.3) is 0 Å². The Kier molecular flexibility index (Phi) is 10.8. The SMILES string of the molecule is CCC(C)(C(OO)C12CC3CC(O)(CC(O)(C3)C1)C2)C(F)(F)F.CCC(C)(COC(=O)C(O)(C(F)(F)F)C(F)(F)F)CC1(C)C2CC3CC(C2)CC1C3. The average molecular weight is 783 g/mol. The maximum atomic E-state index is 13.7. The number of ether oxygens (including phenoxy) is 1. The first kappa shape index (κ1) is 42.8. The highest BCUT2D eigenvalue weighted by atomic mass is 19.4. The molecule has 0 amide bonds. The van der Waals surface area contributed by atoms with Gasteiger partial charge in [0, 0.05) is 17.3 Å². The molecule has 53 heavy (non-hydrogen) atoms. The highest BCUT2D eigenvalue weighted by Crippen LogP contribution is 2.68. The monoisotopic (exact) mass is 782 g/mol. The maximum Gasteiger partial charge on any atom is 0.437 e. The van der Waals surface area contributed by atoms with Crippen LogP contribution in [-0.2, 0) is 14.4 Å². The first-order valence-corrected chi connectivity index (χ1v) is 18.8. The van der Waals surface area contributed by atoms with Crippen LogP contribution < -0.4 is 0 Å². The molecule has 0 saturated heterocycles. The fourth-order valence-corrected chi connectivity index (χ4v) is 12.6. The van der Waals surface area contributed by atoms with Crippen LogP contribution in [0.15, 0.2) is 0 Å². The van der Waals surface area contributed by atoms with Gasteiger partial charge in [-0.1, -0.05) is 27.7 Å². The van der Waals surface area contributed by atoms with Crippen molar-refractivity contribution in [3.63, 3.8) is 0 Å². The Morgan fingerprint density at radius 3 is 1.57 bits per heavy atom. The summed E-state index contributed by atoms with van der Waals surface area (Å²) < 4.78 is 123. The number of carbonyl (C=O) groups excluding carboxylic acids is 1. The Hall–Kier alpha value is -1.36. The van der Waals surface area contributed by atoms with Crippen molar-refractivity contribution in [3.8, 4) is 0 Å². The fraction of sp³-hybridized carbons (Fsp3) is 0.973. The second-order valence-electron chi connectivity index (χ2n) is 19.0. The minimum absolute atomic E-state index is 0.0340. The Morgan fingerprint density at radius 1 is 0.736 bits per heavy atom. The van der Waals surface area contributed by atoms with Gasteiger partial charge < -0.3 is 20.1 Å². The van der Waals surface area contributed by atoms with Gasteiger partial charge >= 0.3 is 30.1 Å². The first-order chi connectivity index (χ1) is 24.0. The van der Waals surface area contributed by atoms with Gasteiger partial charge in [0.15, 0.2) is 0 Å². The number of alkyl halides is 9. The number of esters is 1. The zero-order chi connectivity index (χ0) is 40.1. The van der Waals surface area contributed by atoms with E-state index in [-0.39, 0.29) is 37.0 Å². The van der Waals surface area contributed by atoms with Crippen LogP contribution in [0.2, 0.25) is 0 Å². The lowest BCUT2D eigenvalue weighted by Gasteiger charge is -2.66. The third kappa shape index (κ3) is 7.24. The van der Waals surface area contributed by atoms with Gasteiger partial charge in [0.1, 0.15) is 6.10 Å². The molecular formula is C37H55F9O7. The standard InChI is InChI=1S/C21H30F6O3.C16H25F3O4/c1-4-17(2,11-30-16(28)19(29,20(22,23)24)21(25,26)27)10-18(3)14-6-12-5-13(8-14)9-15(18)7-12;1-3-12(2,16(17,18)19)11(23-22)13-4-10-5-14(20,7-13)9-15(21,6-10)8-13/h12-15,29H,4-11H2,1-3H3;10-11,20-22H,3-9H2,1-2H3. The molecule has 8 saturated carbocycles. The van der Waals surface area contributed by atoms with Crippen LogP contribution in [-0.4, -0.2) is 74.6 Å². The van der Waals surface area contributed by atoms with Gasteiger partial charge in [0.05, 0.1) is 23.2 Å². The van der Waals surface area contributed by atoms with Crippen molar-refractivity contribution in [1.82, 2.24) is 0 Å². The van der Waals surface area contributed by atoms with Crippen molar-refractivity contribution in [2.45, 2.75) is 166 Å². The minimum Gasteiger partial charge on any atom is -0.462 e. The summed E-state index contributed by atoms with van der Waals surface area (Å²) in [6, 6.07) is 0. The number of hydrogen-bond acceptors (Lipinski definition) is 7. The molecule has 0 aromatic rings. The topological polar surface area (TPSA) is 116 Å². The number of carbonyl (C=O) groups is 1. The van der Waals surface area contributed by atoms with Crippen molar-refractivity contribution < 1.29 is 74.5 Å². The van der Waals surface area contributed by atoms with Crippen molar-refractivity contribution in [2.24, 2.45) is 51.2 Å². The lowest BCUT2D eigenvalue weighted by Crippen LogP contribution is -2.68. The highest BCUT2D eigenvalue weighted by molar-refractivity contribution is 5.81. The van der Waals surface area contributed by atoms with Crippen LogP contribution in [0.4, 0.5) is 39.5 Å². The molecule has 8 bridgehead atoms. The molecule has 8 aliphatic carbocycles. The minimum atomic E-state index is -6.22. The van der Waals surface area contributed by atoms with E-state index in [4.69, 9.17) is 0 Å². The van der Waals surface area contributed by atoms with Crippen molar-refractivity contribution in [3.05, 3.63) is 0 Å². The molecular weight excluding hydrogens is 727 g/mol. The summed E-state index contributed by atoms with van der Waals surface area (Å²) in [7, 11) is 0. The van der Waals surface area contributed by atoms with Crippen LogP contribution in [0, 0.1) is 51.2 Å². The number of hydrogen-bond donors (Lipinski definition) is 4. The van der Waals surface area contributed by atoms with Crippen molar-refractivity contribution >= 4 is 5.97 Å². The second-order valence-corrected chi connectivity index (χ2v) is 19.0. The molecule has 8 fully saturated rings. The van der Waals surface area contributed by atoms with E-state index in [9.17, 15) is 64.9 Å². The summed E-state index contributed by atoms with van der Waals surface area (Å²) in [5, 5.41) is 40.1. The third-order valence-electron chi connectivity index (χ3n) is 15.0. The second kappa shape index (κ2) is 13.4. The number of halogens is 9. The predicted molar refractivity (Wildman–Crippen MR) is 172 cm³/mol. The lowest BCUT2D eigenvalue weighted by molar-refractivity contribution is -0.393. The van der Waals surface area contributed by atoms with E-state index < -0.39 is 70.3 Å². The molecule has 0 aliphatic heterocycles. The number of aliphatic hydroxyl groups is 3. The largest absolute Gasteiger partial charge is 0.462 e. The lowest BCUT2D eigenvalue weighted by atomic mass is 9.43. The molecule has 5 unspecified atom stereocenters. The Balaban J connectivity index is 0.000000211. The summed E-state index contributed by atoms with van der Waals surface area (Å²) in [5.41, 5.74) is -12.0. The van der Waals surface area contributed by atoms with Gasteiger partial charge in [-0.3, -0.25) is 5.26 Å². The van der Waals surface area contributed by atoms with Crippen molar-refractivity contribution in [2.75, 3.05) is 6.61 Å². The molecule has 0 aromatic heterocycles. The molecule has 7 nitrogen and oxygen atoms in total. The maximum absolute atomic E-state index is 13.7. The predicted octanol–water partition coefficient (Wildman–Crippen LogP) is 8.92. The van der Waals surface area contributed by atoms with Crippen LogP contribution in [0.1, 0.15) is 125 Å². The molecule has 0 radical (unpaired) electrons. The average Bonchev–Trinajstić information content (AvgIpc) is 2.99. The van der Waals surface area contributed by atoms with Crippen LogP contribution >= 0.6 is 0 Å². The smallest absolute Gasteiger partial charge is 0.437 e. The normalized spacial score (nSPS) is 40.6. The molecule has 308 valence electrons. The van der Waals surface area contributed by atoms with Crippen LogP contribution in [0.25, 0.3) is 0 Å². The van der Waals surface area contributed by atoms with Crippen LogP contribution in [0.3, 0.4) is 0 Å². The van der Waals surface area contributed by atoms with Gasteiger partial charge in [0.2, 0.25) is 0 Å². The molecule has 4 N–H and O–H groups in total. The summed E-state index contributed by atoms with van der Waals surface area (Å²) in [5.74, 6) is -0.333. The van der Waals surface area contributed by atoms with Gasteiger partial charge in [-0.05, 0) is 125 Å². The molecule has 0 spiro atoms. The molecule has 5 atom stereocenters. The highest BCUT2D eigenvalue weighted by Gasteiger charge is 2.77. The van der Waals surface area contributed by atoms with E-state index >= 15 is 0 Å². The van der Waals surface area contributed by atoms with E-state index in [0.29, 0.717) is 43.9 Å². The molecule has 8 rings (SSSR count). The van der Waals surface area contributed by atoms with E-state index in [1.807, 2.05) is 0 Å². The summed E-state index contributed by atoms with van der Waals surface area (Å²) in [4.78, 5) is 16.3. The van der Waals surface area contributed by atoms with Gasteiger partial charge in [-0.25, -0.2) is 9.68 Å². The summed E-state index contributed by atoms with van der Waals surface area (Å²) in [6.45, 7) is 7.57. The Morgan fingerprint density at radius 2 is 1.21 bits per heavy atom. The quantitative estimate of drug-likeness (QED) is 0.0757. The fourth-order valence-electron chi connectivity index (χ4n) is 12.6. The molecule has 8 aliphatic rings. The molecule has 0 heterocycles. The van der Waals surface area contributed by atoms with E-state index in [0.717, 1.165) is 44.4 Å². The van der Waals surface area contributed by atoms with Gasteiger partial charge in [-0.15, -0.1) is 0 Å². The van der Waals surface area contributed by atoms with Crippen molar-refractivity contribution in [1.29, 1.82) is 0 Å². The van der Waals surface area contributed by atoms with E-state index in [1.165, 1.54) is 13.3 Å². The Bertz CT molecular complexity index is 1310. The zero-order valence-corrected chi connectivity index (χ0v) is 31.0. The van der Waals surface area contributed by atoms with Gasteiger partial charge in [-0.2, -0.15) is 39.5 Å². The summed E-state index contributed by atoms with van der Waals surface area (Å²) >= 11 is 0. The van der Waals surface area contributed by atoms with E-state index in [1.54, 1.807) is 13.8 Å². The van der Waals surface area contributed by atoms with Crippen LogP contribution in [0.5, 0.6) is 0 Å². The number of rotatable bonds is 10. The third-order valence-corrected chi connectivity index (χ3v) is 15.0. The first-order valence-electron chi connectivity index (χ1n) is 18.8. The molecule has 16 heteroatoms. The molecule has 0 aromatic carbocycles. The summed E-state index contributed by atoms with van der Waals surface area (Å²) in [6.07, 6.45) is -10.1. The zero-order valence-electron chi connectivity index (χ0n) is 31.0. The van der Waals surface area contributed by atoms with E-state index in [2.05, 4.69) is 16.5 Å². The Labute approximate surface area is 304 Å².